The highest BCUT2D eigenvalue weighted by Crippen LogP contribution is 2.18. The van der Waals surface area contributed by atoms with Crippen molar-refractivity contribution >= 4 is 5.91 Å². The molecule has 0 heterocycles. The van der Waals surface area contributed by atoms with Crippen molar-refractivity contribution < 1.29 is 15.0 Å². The number of hydrogen-bond donors (Lipinski definition) is 3. The molecule has 2 atom stereocenters. The van der Waals surface area contributed by atoms with Crippen molar-refractivity contribution in [1.82, 2.24) is 5.32 Å². The van der Waals surface area contributed by atoms with Gasteiger partial charge in [0.1, 0.15) is 0 Å². The second-order valence-corrected chi connectivity index (χ2v) is 19.7. The van der Waals surface area contributed by atoms with Crippen LogP contribution in [0.1, 0.15) is 328 Å². The van der Waals surface area contributed by atoms with Crippen LogP contribution in [0, 0.1) is 0 Å². The minimum atomic E-state index is -0.656. The first-order chi connectivity index (χ1) is 30.2. The molecular weight excluding hydrogens is 747 g/mol. The summed E-state index contributed by atoms with van der Waals surface area (Å²) in [5.74, 6) is -0.0246. The Labute approximate surface area is 384 Å². The molecule has 0 rings (SSSR count). The molecule has 1 amide bonds. The number of aliphatic hydroxyl groups is 2. The molecule has 0 radical (unpaired) electrons. The first kappa shape index (κ1) is 60.1. The fourth-order valence-corrected chi connectivity index (χ4v) is 9.18. The molecular formula is C57H113NO3. The van der Waals surface area contributed by atoms with Gasteiger partial charge in [-0.2, -0.15) is 0 Å². The predicted octanol–water partition coefficient (Wildman–Crippen LogP) is 18.5. The molecule has 0 aromatic carbocycles. The lowest BCUT2D eigenvalue weighted by Crippen LogP contribution is -2.45. The van der Waals surface area contributed by atoms with Gasteiger partial charge in [-0.25, -0.2) is 0 Å². The summed E-state index contributed by atoms with van der Waals surface area (Å²) in [5, 5.41) is 23.3. The molecule has 0 aliphatic carbocycles. The van der Waals surface area contributed by atoms with Gasteiger partial charge in [-0.3, -0.25) is 4.79 Å². The quantitative estimate of drug-likeness (QED) is 0.0421. The molecule has 4 nitrogen and oxygen atoms in total. The zero-order chi connectivity index (χ0) is 44.2. The van der Waals surface area contributed by atoms with Crippen LogP contribution in [-0.2, 0) is 4.79 Å². The van der Waals surface area contributed by atoms with Crippen LogP contribution in [0.2, 0.25) is 0 Å². The maximum atomic E-state index is 12.5. The number of aliphatic hydroxyl groups excluding tert-OH is 2. The van der Waals surface area contributed by atoms with Crippen molar-refractivity contribution in [3.05, 3.63) is 12.2 Å². The summed E-state index contributed by atoms with van der Waals surface area (Å²) in [6.07, 6.45) is 69.2. The standard InChI is InChI=1S/C57H113NO3/c1-3-5-7-9-11-13-15-17-19-21-23-24-25-26-27-28-29-30-31-32-33-34-35-37-39-41-43-45-47-49-51-53-57(61)58-55(54-59)56(60)52-50-48-46-44-42-40-38-36-22-20-18-16-14-12-10-8-6-4-2/h26-27,55-56,59-60H,3-25,28-54H2,1-2H3,(H,58,61)/b27-26-. The molecule has 0 aliphatic heterocycles. The highest BCUT2D eigenvalue weighted by atomic mass is 16.3. The third kappa shape index (κ3) is 50.0. The summed E-state index contributed by atoms with van der Waals surface area (Å²) in [4.78, 5) is 12.5. The number of rotatable bonds is 53. The first-order valence-electron chi connectivity index (χ1n) is 28.4. The molecule has 0 aromatic heterocycles. The van der Waals surface area contributed by atoms with E-state index in [9.17, 15) is 15.0 Å². The summed E-state index contributed by atoms with van der Waals surface area (Å²) in [7, 11) is 0. The number of nitrogens with one attached hydrogen (secondary N) is 1. The minimum Gasteiger partial charge on any atom is -0.394 e. The third-order valence-corrected chi connectivity index (χ3v) is 13.5. The molecule has 364 valence electrons. The van der Waals surface area contributed by atoms with Gasteiger partial charge in [-0.05, 0) is 38.5 Å². The Bertz CT molecular complexity index is 844. The Morgan fingerprint density at radius 1 is 0.377 bits per heavy atom. The highest BCUT2D eigenvalue weighted by molar-refractivity contribution is 5.76. The van der Waals surface area contributed by atoms with Crippen molar-refractivity contribution in [2.75, 3.05) is 6.61 Å². The topological polar surface area (TPSA) is 69.6 Å². The van der Waals surface area contributed by atoms with Crippen LogP contribution in [0.3, 0.4) is 0 Å². The third-order valence-electron chi connectivity index (χ3n) is 13.5. The van der Waals surface area contributed by atoms with Gasteiger partial charge in [0.15, 0.2) is 0 Å². The molecule has 0 saturated carbocycles. The maximum Gasteiger partial charge on any atom is 0.220 e. The van der Waals surface area contributed by atoms with Crippen molar-refractivity contribution in [2.45, 2.75) is 341 Å². The Balaban J connectivity index is 3.40. The average Bonchev–Trinajstić information content (AvgIpc) is 3.26. The average molecular weight is 861 g/mol. The van der Waals surface area contributed by atoms with Crippen LogP contribution in [0.25, 0.3) is 0 Å². The van der Waals surface area contributed by atoms with E-state index < -0.39 is 12.1 Å². The van der Waals surface area contributed by atoms with Crippen LogP contribution in [-0.4, -0.2) is 34.9 Å². The van der Waals surface area contributed by atoms with Crippen LogP contribution in [0.4, 0.5) is 0 Å². The Morgan fingerprint density at radius 3 is 0.902 bits per heavy atom. The molecule has 61 heavy (non-hydrogen) atoms. The lowest BCUT2D eigenvalue weighted by molar-refractivity contribution is -0.123. The Hall–Kier alpha value is -0.870. The summed E-state index contributed by atoms with van der Waals surface area (Å²) >= 11 is 0. The van der Waals surface area contributed by atoms with E-state index in [1.165, 1.54) is 276 Å². The van der Waals surface area contributed by atoms with Gasteiger partial charge in [0, 0.05) is 6.42 Å². The number of amides is 1. The molecule has 0 fully saturated rings. The zero-order valence-electron chi connectivity index (χ0n) is 42.0. The largest absolute Gasteiger partial charge is 0.394 e. The fourth-order valence-electron chi connectivity index (χ4n) is 9.18. The Kier molecular flexibility index (Phi) is 52.7. The number of hydrogen-bond acceptors (Lipinski definition) is 3. The van der Waals surface area contributed by atoms with Gasteiger partial charge in [-0.15, -0.1) is 0 Å². The fraction of sp³-hybridized carbons (Fsp3) is 0.947. The molecule has 0 aromatic rings. The van der Waals surface area contributed by atoms with Crippen molar-refractivity contribution in [2.24, 2.45) is 0 Å². The molecule has 0 saturated heterocycles. The SMILES string of the molecule is CCCCCCCCCCCCCC/C=C\CCCCCCCCCCCCCCCCCC(=O)NC(CO)C(O)CCCCCCCCCCCCCCCCCCCC. The molecule has 3 N–H and O–H groups in total. The van der Waals surface area contributed by atoms with E-state index in [1.807, 2.05) is 0 Å². The van der Waals surface area contributed by atoms with E-state index in [0.717, 1.165) is 25.7 Å². The van der Waals surface area contributed by atoms with Crippen LogP contribution >= 0.6 is 0 Å². The summed E-state index contributed by atoms with van der Waals surface area (Å²) in [6, 6.07) is -0.533. The van der Waals surface area contributed by atoms with E-state index >= 15 is 0 Å². The molecule has 0 aliphatic rings. The van der Waals surface area contributed by atoms with E-state index in [-0.39, 0.29) is 12.5 Å². The van der Waals surface area contributed by atoms with Crippen molar-refractivity contribution in [3.63, 3.8) is 0 Å². The van der Waals surface area contributed by atoms with Crippen molar-refractivity contribution in [3.8, 4) is 0 Å². The van der Waals surface area contributed by atoms with E-state index in [2.05, 4.69) is 31.3 Å². The minimum absolute atomic E-state index is 0.0246. The highest BCUT2D eigenvalue weighted by Gasteiger charge is 2.20. The van der Waals surface area contributed by atoms with Gasteiger partial charge in [-0.1, -0.05) is 296 Å². The predicted molar refractivity (Wildman–Crippen MR) is 272 cm³/mol. The number of allylic oxidation sites excluding steroid dienone is 2. The van der Waals surface area contributed by atoms with Gasteiger partial charge in [0.05, 0.1) is 18.8 Å². The molecule has 0 bridgehead atoms. The number of unbranched alkanes of at least 4 members (excludes halogenated alkanes) is 44. The van der Waals surface area contributed by atoms with Crippen LogP contribution in [0.5, 0.6) is 0 Å². The molecule has 2 unspecified atom stereocenters. The smallest absolute Gasteiger partial charge is 0.220 e. The van der Waals surface area contributed by atoms with Crippen LogP contribution in [0.15, 0.2) is 12.2 Å². The van der Waals surface area contributed by atoms with E-state index in [4.69, 9.17) is 0 Å². The normalized spacial score (nSPS) is 12.8. The monoisotopic (exact) mass is 860 g/mol. The van der Waals surface area contributed by atoms with E-state index in [1.54, 1.807) is 0 Å². The number of carbonyl (C=O) groups is 1. The van der Waals surface area contributed by atoms with Gasteiger partial charge in [0.2, 0.25) is 5.91 Å². The zero-order valence-corrected chi connectivity index (χ0v) is 42.0. The second kappa shape index (κ2) is 53.5. The van der Waals surface area contributed by atoms with E-state index in [0.29, 0.717) is 12.8 Å². The maximum absolute atomic E-state index is 12.5. The second-order valence-electron chi connectivity index (χ2n) is 19.7. The lowest BCUT2D eigenvalue weighted by Gasteiger charge is -2.22. The summed E-state index contributed by atoms with van der Waals surface area (Å²) in [5.41, 5.74) is 0. The van der Waals surface area contributed by atoms with Crippen molar-refractivity contribution in [1.29, 1.82) is 0 Å². The summed E-state index contributed by atoms with van der Waals surface area (Å²) in [6.45, 7) is 4.40. The molecule has 4 heteroatoms. The first-order valence-corrected chi connectivity index (χ1v) is 28.4. The van der Waals surface area contributed by atoms with Gasteiger partial charge >= 0.3 is 0 Å². The molecule has 0 spiro atoms. The van der Waals surface area contributed by atoms with Crippen LogP contribution < -0.4 is 5.32 Å². The Morgan fingerprint density at radius 2 is 0.623 bits per heavy atom. The lowest BCUT2D eigenvalue weighted by atomic mass is 10.0. The van der Waals surface area contributed by atoms with Gasteiger partial charge in [0.25, 0.3) is 0 Å². The van der Waals surface area contributed by atoms with Gasteiger partial charge < -0.3 is 15.5 Å². The number of carbonyl (C=O) groups excluding carboxylic acids is 1. The summed E-state index contributed by atoms with van der Waals surface area (Å²) < 4.78 is 0.